The Hall–Kier alpha value is 0.220. The van der Waals surface area contributed by atoms with Crippen molar-refractivity contribution >= 4 is 72.6 Å². The lowest BCUT2D eigenvalue weighted by atomic mass is 10.2. The van der Waals surface area contributed by atoms with Crippen LogP contribution in [-0.2, 0) is 0 Å². The number of alkyl halides is 1. The minimum Gasteiger partial charge on any atom is -0.489 e. The summed E-state index contributed by atoms with van der Waals surface area (Å²) in [6.07, 6.45) is 0. The predicted molar refractivity (Wildman–Crippen MR) is 83.8 cm³/mol. The topological polar surface area (TPSA) is 22.1 Å². The molecule has 0 N–H and O–H groups in total. The lowest BCUT2D eigenvalue weighted by molar-refractivity contribution is 0.346. The first-order valence-electron chi connectivity index (χ1n) is 4.76. The van der Waals surface area contributed by atoms with Crippen LogP contribution in [0.5, 0.6) is 5.75 Å². The minimum atomic E-state index is 0.430. The third kappa shape index (κ3) is 2.97. The molecule has 0 bridgehead atoms. The van der Waals surface area contributed by atoms with E-state index < -0.39 is 0 Å². The first kappa shape index (κ1) is 13.6. The summed E-state index contributed by atoms with van der Waals surface area (Å²) in [7, 11) is 0. The van der Waals surface area contributed by atoms with E-state index >= 15 is 0 Å². The molecule has 0 fully saturated rings. The average Bonchev–Trinajstić information content (AvgIpc) is 2.28. The smallest absolute Gasteiger partial charge is 0.159 e. The summed E-state index contributed by atoms with van der Waals surface area (Å²) in [4.78, 5) is 4.29. The second-order valence-corrected chi connectivity index (χ2v) is 5.99. The van der Waals surface area contributed by atoms with Gasteiger partial charge in [-0.15, -0.1) is 0 Å². The van der Waals surface area contributed by atoms with Crippen molar-refractivity contribution in [3.05, 3.63) is 31.9 Å². The van der Waals surface area contributed by atoms with Gasteiger partial charge in [0, 0.05) is 10.7 Å². The molecule has 17 heavy (non-hydrogen) atoms. The second kappa shape index (κ2) is 5.91. The van der Waals surface area contributed by atoms with Crippen molar-refractivity contribution in [1.82, 2.24) is 4.98 Å². The molecule has 0 aliphatic heterocycles. The van der Waals surface area contributed by atoms with Crippen molar-refractivity contribution in [2.45, 2.75) is 0 Å². The fourth-order valence-electron chi connectivity index (χ4n) is 1.45. The third-order valence-corrected chi connectivity index (χ3v) is 3.78. The fourth-order valence-corrected chi connectivity index (χ4v) is 2.92. The van der Waals surface area contributed by atoms with Crippen LogP contribution in [0.4, 0.5) is 0 Å². The van der Waals surface area contributed by atoms with Gasteiger partial charge >= 0.3 is 0 Å². The molecule has 0 spiro atoms. The zero-order valence-corrected chi connectivity index (χ0v) is 13.8. The lowest BCUT2D eigenvalue weighted by Crippen LogP contribution is -2.01. The number of aromatic nitrogens is 1. The number of hydrogen-bond donors (Lipinski definition) is 0. The molecule has 0 radical (unpaired) electrons. The molecule has 0 atom stereocenters. The number of halogens is 4. The number of benzene rings is 1. The quantitative estimate of drug-likeness (QED) is 0.379. The van der Waals surface area contributed by atoms with Crippen molar-refractivity contribution in [2.24, 2.45) is 0 Å². The van der Waals surface area contributed by atoms with Gasteiger partial charge in [0.25, 0.3) is 0 Å². The van der Waals surface area contributed by atoms with Crippen LogP contribution >= 0.6 is 61.7 Å². The highest BCUT2D eigenvalue weighted by atomic mass is 127. The standard InChI is InChI=1S/C11H7BrCl2INO/c12-3-4-17-11-8(15)5-7(13)6-1-2-9(14)16-10(6)11/h1-2,5H,3-4H2. The first-order chi connectivity index (χ1) is 8.13. The Kier molecular flexibility index (Phi) is 4.74. The molecule has 0 aliphatic carbocycles. The molecular weight excluding hydrogens is 440 g/mol. The molecule has 6 heteroatoms. The molecule has 0 aliphatic rings. The molecular formula is C11H7BrCl2INO. The maximum absolute atomic E-state index is 6.17. The second-order valence-electron chi connectivity index (χ2n) is 3.24. The van der Waals surface area contributed by atoms with Crippen molar-refractivity contribution < 1.29 is 4.74 Å². The number of rotatable bonds is 3. The maximum atomic E-state index is 6.17. The maximum Gasteiger partial charge on any atom is 0.159 e. The molecule has 0 unspecified atom stereocenters. The van der Waals surface area contributed by atoms with Gasteiger partial charge in [-0.2, -0.15) is 0 Å². The number of hydrogen-bond acceptors (Lipinski definition) is 2. The van der Waals surface area contributed by atoms with Gasteiger partial charge in [0.05, 0.1) is 15.2 Å². The van der Waals surface area contributed by atoms with E-state index in [2.05, 4.69) is 43.5 Å². The van der Waals surface area contributed by atoms with Gasteiger partial charge in [0.2, 0.25) is 0 Å². The van der Waals surface area contributed by atoms with Crippen LogP contribution in [-0.4, -0.2) is 16.9 Å². The highest BCUT2D eigenvalue weighted by Gasteiger charge is 2.12. The van der Waals surface area contributed by atoms with Crippen LogP contribution in [0.2, 0.25) is 10.2 Å². The van der Waals surface area contributed by atoms with Crippen molar-refractivity contribution in [3.8, 4) is 5.75 Å². The summed E-state index contributed by atoms with van der Waals surface area (Å²) in [5, 5.41) is 2.69. The Morgan fingerprint density at radius 3 is 2.82 bits per heavy atom. The van der Waals surface area contributed by atoms with Crippen LogP contribution in [0, 0.1) is 3.57 Å². The Morgan fingerprint density at radius 2 is 2.12 bits per heavy atom. The average molecular weight is 447 g/mol. The van der Waals surface area contributed by atoms with Gasteiger partial charge in [-0.05, 0) is 40.8 Å². The Labute approximate surface area is 131 Å². The molecule has 0 saturated heterocycles. The number of pyridine rings is 1. The van der Waals surface area contributed by atoms with Crippen LogP contribution in [0.15, 0.2) is 18.2 Å². The van der Waals surface area contributed by atoms with Gasteiger partial charge in [0.1, 0.15) is 10.7 Å². The van der Waals surface area contributed by atoms with Gasteiger partial charge in [-0.25, -0.2) is 4.98 Å². The van der Waals surface area contributed by atoms with Crippen LogP contribution in [0.25, 0.3) is 10.9 Å². The van der Waals surface area contributed by atoms with E-state index in [0.717, 1.165) is 20.0 Å². The summed E-state index contributed by atoms with van der Waals surface area (Å²) in [6.45, 7) is 0.570. The van der Waals surface area contributed by atoms with E-state index in [1.807, 2.05) is 12.1 Å². The summed E-state index contributed by atoms with van der Waals surface area (Å²) in [6, 6.07) is 5.44. The molecule has 1 aromatic heterocycles. The van der Waals surface area contributed by atoms with E-state index in [0.29, 0.717) is 22.3 Å². The van der Waals surface area contributed by atoms with Crippen molar-refractivity contribution in [3.63, 3.8) is 0 Å². The molecule has 2 nitrogen and oxygen atoms in total. The molecule has 0 amide bonds. The van der Waals surface area contributed by atoms with E-state index in [-0.39, 0.29) is 0 Å². The Bertz CT molecular complexity index is 565. The zero-order chi connectivity index (χ0) is 12.4. The largest absolute Gasteiger partial charge is 0.489 e. The summed E-state index contributed by atoms with van der Waals surface area (Å²) in [5.74, 6) is 0.729. The van der Waals surface area contributed by atoms with Gasteiger partial charge < -0.3 is 4.74 Å². The van der Waals surface area contributed by atoms with Crippen LogP contribution in [0.3, 0.4) is 0 Å². The normalized spacial score (nSPS) is 10.8. The summed E-state index contributed by atoms with van der Waals surface area (Å²) < 4.78 is 6.60. The molecule has 2 rings (SSSR count). The Morgan fingerprint density at radius 1 is 1.35 bits per heavy atom. The van der Waals surface area contributed by atoms with Gasteiger partial charge in [-0.3, -0.25) is 0 Å². The van der Waals surface area contributed by atoms with Crippen LogP contribution in [0.1, 0.15) is 0 Å². The highest BCUT2D eigenvalue weighted by molar-refractivity contribution is 14.1. The molecule has 90 valence electrons. The fraction of sp³-hybridized carbons (Fsp3) is 0.182. The van der Waals surface area contributed by atoms with Crippen molar-refractivity contribution in [1.29, 1.82) is 0 Å². The van der Waals surface area contributed by atoms with E-state index in [1.165, 1.54) is 0 Å². The summed E-state index contributed by atoms with van der Waals surface area (Å²) >= 11 is 17.6. The molecule has 2 aromatic rings. The third-order valence-electron chi connectivity index (χ3n) is 2.13. The van der Waals surface area contributed by atoms with Crippen LogP contribution < -0.4 is 4.74 Å². The highest BCUT2D eigenvalue weighted by Crippen LogP contribution is 2.35. The van der Waals surface area contributed by atoms with E-state index in [1.54, 1.807) is 6.07 Å². The minimum absolute atomic E-state index is 0.430. The SMILES string of the molecule is Clc1ccc2c(Cl)cc(I)c(OCCBr)c2n1. The first-order valence-corrected chi connectivity index (χ1v) is 7.72. The number of fused-ring (bicyclic) bond motifs is 1. The zero-order valence-electron chi connectivity index (χ0n) is 8.51. The molecule has 0 saturated carbocycles. The van der Waals surface area contributed by atoms with E-state index in [4.69, 9.17) is 27.9 Å². The van der Waals surface area contributed by atoms with E-state index in [9.17, 15) is 0 Å². The van der Waals surface area contributed by atoms with Gasteiger partial charge in [-0.1, -0.05) is 39.1 Å². The lowest BCUT2D eigenvalue weighted by Gasteiger charge is -2.11. The van der Waals surface area contributed by atoms with Crippen molar-refractivity contribution in [2.75, 3.05) is 11.9 Å². The summed E-state index contributed by atoms with van der Waals surface area (Å²) in [5.41, 5.74) is 0.704. The predicted octanol–water partition coefficient (Wildman–Crippen LogP) is 4.92. The Balaban J connectivity index is 2.66. The number of nitrogens with zero attached hydrogens (tertiary/aromatic N) is 1. The monoisotopic (exact) mass is 445 g/mol. The molecule has 1 heterocycles. The molecule has 1 aromatic carbocycles. The number of ether oxygens (including phenoxy) is 1. The van der Waals surface area contributed by atoms with Gasteiger partial charge in [0.15, 0.2) is 5.75 Å².